The van der Waals surface area contributed by atoms with Crippen molar-refractivity contribution < 1.29 is 4.42 Å². The van der Waals surface area contributed by atoms with Gasteiger partial charge < -0.3 is 15.1 Å². The number of aliphatic imine (C=N–C) groups is 1. The number of hydrogen-bond acceptors (Lipinski definition) is 3. The minimum Gasteiger partial charge on any atom is -0.443 e. The van der Waals surface area contributed by atoms with E-state index < -0.39 is 0 Å². The summed E-state index contributed by atoms with van der Waals surface area (Å²) in [7, 11) is 0. The lowest BCUT2D eigenvalue weighted by Crippen LogP contribution is -2.44. The first-order valence-electron chi connectivity index (χ1n) is 7.74. The van der Waals surface area contributed by atoms with Crippen LogP contribution in [-0.2, 0) is 12.0 Å². The third-order valence-electron chi connectivity index (χ3n) is 3.37. The molecule has 0 bridgehead atoms. The maximum absolute atomic E-state index is 5.76. The number of oxazole rings is 1. The van der Waals surface area contributed by atoms with Gasteiger partial charge in [0.05, 0.1) is 6.20 Å². The van der Waals surface area contributed by atoms with E-state index in [2.05, 4.69) is 69.1 Å². The molecule has 0 aliphatic rings. The quantitative estimate of drug-likeness (QED) is 0.647. The first-order valence-corrected chi connectivity index (χ1v) is 7.74. The van der Waals surface area contributed by atoms with Gasteiger partial charge in [-0.15, -0.1) is 0 Å². The average Bonchev–Trinajstić information content (AvgIpc) is 2.84. The molecule has 0 fully saturated rings. The Labute approximate surface area is 128 Å². The summed E-state index contributed by atoms with van der Waals surface area (Å²) in [5.41, 5.74) is -0.0239. The maximum atomic E-state index is 5.76. The van der Waals surface area contributed by atoms with Gasteiger partial charge in [0.15, 0.2) is 5.96 Å². The van der Waals surface area contributed by atoms with E-state index in [1.54, 1.807) is 6.20 Å². The van der Waals surface area contributed by atoms with Crippen LogP contribution >= 0.6 is 0 Å². The van der Waals surface area contributed by atoms with Crippen molar-refractivity contribution in [3.63, 3.8) is 0 Å². The van der Waals surface area contributed by atoms with E-state index in [0.29, 0.717) is 24.4 Å². The highest BCUT2D eigenvalue weighted by molar-refractivity contribution is 5.79. The van der Waals surface area contributed by atoms with E-state index in [4.69, 9.17) is 4.42 Å². The second-order valence-corrected chi connectivity index (χ2v) is 6.74. The molecule has 5 heteroatoms. The second kappa shape index (κ2) is 7.48. The molecule has 120 valence electrons. The highest BCUT2D eigenvalue weighted by Gasteiger charge is 2.19. The third-order valence-corrected chi connectivity index (χ3v) is 3.37. The van der Waals surface area contributed by atoms with Gasteiger partial charge in [-0.25, -0.2) is 9.98 Å². The van der Waals surface area contributed by atoms with Gasteiger partial charge in [0.2, 0.25) is 5.89 Å². The van der Waals surface area contributed by atoms with Crippen molar-refractivity contribution in [1.82, 2.24) is 15.6 Å². The summed E-state index contributed by atoms with van der Waals surface area (Å²) < 4.78 is 5.76. The van der Waals surface area contributed by atoms with Gasteiger partial charge >= 0.3 is 0 Å². The standard InChI is InChI=1S/C16H30N4O/c1-8-17-15(20-12(4)11(2)3)19-10-14-18-9-13(21-14)16(5,6)7/h9,11-12H,8,10H2,1-7H3,(H2,17,19,20). The number of rotatable bonds is 5. The third kappa shape index (κ3) is 5.78. The summed E-state index contributed by atoms with van der Waals surface area (Å²) in [5.74, 6) is 2.88. The van der Waals surface area contributed by atoms with Crippen molar-refractivity contribution >= 4 is 5.96 Å². The Kier molecular flexibility index (Phi) is 6.24. The van der Waals surface area contributed by atoms with Gasteiger partial charge in [-0.05, 0) is 19.8 Å². The van der Waals surface area contributed by atoms with E-state index in [0.717, 1.165) is 18.3 Å². The van der Waals surface area contributed by atoms with Crippen LogP contribution in [0.4, 0.5) is 0 Å². The second-order valence-electron chi connectivity index (χ2n) is 6.74. The molecule has 0 radical (unpaired) electrons. The molecule has 0 aliphatic heterocycles. The van der Waals surface area contributed by atoms with E-state index in [1.807, 2.05) is 0 Å². The van der Waals surface area contributed by atoms with E-state index in [1.165, 1.54) is 0 Å². The van der Waals surface area contributed by atoms with Crippen LogP contribution in [0.2, 0.25) is 0 Å². The summed E-state index contributed by atoms with van der Waals surface area (Å²) in [6.07, 6.45) is 1.79. The normalized spacial score (nSPS) is 14.4. The fourth-order valence-corrected chi connectivity index (χ4v) is 1.58. The summed E-state index contributed by atoms with van der Waals surface area (Å²) >= 11 is 0. The first-order chi connectivity index (χ1) is 9.74. The van der Waals surface area contributed by atoms with Crippen molar-refractivity contribution in [2.24, 2.45) is 10.9 Å². The number of aromatic nitrogens is 1. The zero-order valence-corrected chi connectivity index (χ0v) is 14.4. The molecule has 0 spiro atoms. The summed E-state index contributed by atoms with van der Waals surface area (Å²) in [6, 6.07) is 0.359. The number of hydrogen-bond donors (Lipinski definition) is 2. The van der Waals surface area contributed by atoms with Crippen LogP contribution in [0.15, 0.2) is 15.6 Å². The van der Waals surface area contributed by atoms with Crippen LogP contribution in [0.3, 0.4) is 0 Å². The Morgan fingerprint density at radius 1 is 1.33 bits per heavy atom. The SMILES string of the molecule is CCNC(=NCc1ncc(C(C)(C)C)o1)NC(C)C(C)C. The average molecular weight is 294 g/mol. The minimum atomic E-state index is -0.0239. The molecule has 1 heterocycles. The van der Waals surface area contributed by atoms with E-state index in [-0.39, 0.29) is 5.41 Å². The highest BCUT2D eigenvalue weighted by Crippen LogP contribution is 2.22. The number of nitrogens with zero attached hydrogens (tertiary/aromatic N) is 2. The topological polar surface area (TPSA) is 62.5 Å². The van der Waals surface area contributed by atoms with Gasteiger partial charge in [0.1, 0.15) is 12.3 Å². The van der Waals surface area contributed by atoms with Crippen LogP contribution in [0.25, 0.3) is 0 Å². The van der Waals surface area contributed by atoms with Gasteiger partial charge in [0.25, 0.3) is 0 Å². The van der Waals surface area contributed by atoms with Crippen molar-refractivity contribution in [3.8, 4) is 0 Å². The molecule has 0 saturated carbocycles. The van der Waals surface area contributed by atoms with Crippen LogP contribution in [0.5, 0.6) is 0 Å². The van der Waals surface area contributed by atoms with Crippen LogP contribution in [0, 0.1) is 5.92 Å². The minimum absolute atomic E-state index is 0.0239. The zero-order valence-electron chi connectivity index (χ0n) is 14.4. The molecule has 0 amide bonds. The van der Waals surface area contributed by atoms with Gasteiger partial charge in [-0.1, -0.05) is 34.6 Å². The highest BCUT2D eigenvalue weighted by atomic mass is 16.4. The van der Waals surface area contributed by atoms with E-state index >= 15 is 0 Å². The number of nitrogens with one attached hydrogen (secondary N) is 2. The lowest BCUT2D eigenvalue weighted by atomic mass is 9.94. The molecular formula is C16H30N4O. The smallest absolute Gasteiger partial charge is 0.216 e. The monoisotopic (exact) mass is 294 g/mol. The summed E-state index contributed by atoms with van der Waals surface area (Å²) in [4.78, 5) is 8.84. The number of guanidine groups is 1. The molecule has 0 saturated heterocycles. The molecule has 5 nitrogen and oxygen atoms in total. The van der Waals surface area contributed by atoms with E-state index in [9.17, 15) is 0 Å². The largest absolute Gasteiger partial charge is 0.443 e. The first kappa shape index (κ1) is 17.5. The molecule has 1 rings (SSSR count). The van der Waals surface area contributed by atoms with Crippen LogP contribution in [0.1, 0.15) is 60.1 Å². The molecule has 1 atom stereocenters. The molecule has 0 aliphatic carbocycles. The molecule has 0 aromatic carbocycles. The summed E-state index contributed by atoms with van der Waals surface area (Å²) in [5, 5.41) is 6.64. The van der Waals surface area contributed by atoms with Crippen molar-refractivity contribution in [2.45, 2.75) is 66.5 Å². The Morgan fingerprint density at radius 3 is 2.48 bits per heavy atom. The van der Waals surface area contributed by atoms with Crippen LogP contribution in [-0.4, -0.2) is 23.5 Å². The predicted molar refractivity (Wildman–Crippen MR) is 87.5 cm³/mol. The Balaban J connectivity index is 2.71. The van der Waals surface area contributed by atoms with Crippen LogP contribution < -0.4 is 10.6 Å². The van der Waals surface area contributed by atoms with Gasteiger partial charge in [0, 0.05) is 18.0 Å². The Hall–Kier alpha value is -1.52. The fourth-order valence-electron chi connectivity index (χ4n) is 1.58. The zero-order chi connectivity index (χ0) is 16.0. The molecule has 21 heavy (non-hydrogen) atoms. The Bertz CT molecular complexity index is 457. The van der Waals surface area contributed by atoms with Crippen molar-refractivity contribution in [1.29, 1.82) is 0 Å². The lowest BCUT2D eigenvalue weighted by molar-refractivity contribution is 0.383. The van der Waals surface area contributed by atoms with Crippen molar-refractivity contribution in [3.05, 3.63) is 17.8 Å². The molecule has 1 aromatic heterocycles. The Morgan fingerprint density at radius 2 is 2.00 bits per heavy atom. The van der Waals surface area contributed by atoms with Gasteiger partial charge in [-0.2, -0.15) is 0 Å². The predicted octanol–water partition coefficient (Wildman–Crippen LogP) is 3.07. The molecule has 2 N–H and O–H groups in total. The fraction of sp³-hybridized carbons (Fsp3) is 0.750. The van der Waals surface area contributed by atoms with Crippen molar-refractivity contribution in [2.75, 3.05) is 6.54 Å². The lowest BCUT2D eigenvalue weighted by Gasteiger charge is -2.20. The summed E-state index contributed by atoms with van der Waals surface area (Å²) in [6.45, 7) is 16.2. The molecule has 1 unspecified atom stereocenters. The molecule has 1 aromatic rings. The maximum Gasteiger partial charge on any atom is 0.216 e. The molecular weight excluding hydrogens is 264 g/mol. The van der Waals surface area contributed by atoms with Gasteiger partial charge in [-0.3, -0.25) is 0 Å².